The zero-order chi connectivity index (χ0) is 19.6. The van der Waals surface area contributed by atoms with E-state index in [1.807, 2.05) is 59.7 Å². The van der Waals surface area contributed by atoms with Crippen LogP contribution in [0.4, 0.5) is 5.69 Å². The van der Waals surface area contributed by atoms with E-state index in [9.17, 15) is 4.79 Å². The third-order valence-electron chi connectivity index (χ3n) is 5.06. The molecule has 3 aliphatic rings. The van der Waals surface area contributed by atoms with Gasteiger partial charge in [0, 0.05) is 5.69 Å². The summed E-state index contributed by atoms with van der Waals surface area (Å²) in [5.41, 5.74) is 2.79. The van der Waals surface area contributed by atoms with Gasteiger partial charge in [0.1, 0.15) is 18.3 Å². The van der Waals surface area contributed by atoms with Crippen molar-refractivity contribution in [2.24, 2.45) is 0 Å². The molecule has 1 aromatic rings. The Morgan fingerprint density at radius 1 is 0.926 bits per heavy atom. The van der Waals surface area contributed by atoms with Gasteiger partial charge in [-0.1, -0.05) is 12.1 Å². The molecule has 0 aliphatic carbocycles. The van der Waals surface area contributed by atoms with Crippen molar-refractivity contribution in [3.63, 3.8) is 0 Å². The van der Waals surface area contributed by atoms with Gasteiger partial charge < -0.3 is 29.0 Å². The largest absolute Gasteiger partial charge is 0.342 e. The summed E-state index contributed by atoms with van der Waals surface area (Å²) in [6.07, 6.45) is -3.03. The van der Waals surface area contributed by atoms with Gasteiger partial charge in [0.15, 0.2) is 24.0 Å². The average Bonchev–Trinajstić information content (AvgIpc) is 3.04. The standard InChI is InChI=1S/C20H27NO6/c1-10-7-8-11(2)12(9-10)21-17(22)15-13-14(25-19(3,4)24-13)16-18(23-15)27-20(5,6)26-16/h7-9,13-16,18H,1-6H3,(H,21,22). The van der Waals surface area contributed by atoms with Gasteiger partial charge in [-0.05, 0) is 58.7 Å². The van der Waals surface area contributed by atoms with E-state index in [4.69, 9.17) is 23.7 Å². The molecule has 0 bridgehead atoms. The number of rotatable bonds is 2. The molecule has 27 heavy (non-hydrogen) atoms. The molecule has 3 aliphatic heterocycles. The van der Waals surface area contributed by atoms with Gasteiger partial charge in [-0.2, -0.15) is 0 Å². The van der Waals surface area contributed by atoms with Crippen LogP contribution in [0.25, 0.3) is 0 Å². The quantitative estimate of drug-likeness (QED) is 0.854. The van der Waals surface area contributed by atoms with Gasteiger partial charge in [-0.15, -0.1) is 0 Å². The fourth-order valence-corrected chi connectivity index (χ4v) is 3.90. The first-order valence-corrected chi connectivity index (χ1v) is 9.29. The number of aryl methyl sites for hydroxylation is 2. The average molecular weight is 377 g/mol. The van der Waals surface area contributed by atoms with E-state index in [0.717, 1.165) is 16.8 Å². The Hall–Kier alpha value is -1.51. The predicted molar refractivity (Wildman–Crippen MR) is 97.1 cm³/mol. The SMILES string of the molecule is Cc1ccc(C)c(NC(=O)C2OC3OC(C)(C)OC3C3OC(C)(C)OC23)c1. The molecule has 1 amide bonds. The van der Waals surface area contributed by atoms with E-state index >= 15 is 0 Å². The number of carbonyl (C=O) groups excluding carboxylic acids is 1. The zero-order valence-electron chi connectivity index (χ0n) is 16.6. The number of hydrogen-bond acceptors (Lipinski definition) is 6. The number of carbonyl (C=O) groups is 1. The highest BCUT2D eigenvalue weighted by atomic mass is 16.9. The summed E-state index contributed by atoms with van der Waals surface area (Å²) in [6, 6.07) is 5.91. The number of anilines is 1. The summed E-state index contributed by atoms with van der Waals surface area (Å²) in [5, 5.41) is 2.97. The first kappa shape index (κ1) is 18.8. The molecule has 0 aromatic heterocycles. The number of fused-ring (bicyclic) bond motifs is 3. The Labute approximate surface area is 159 Å². The van der Waals surface area contributed by atoms with Crippen molar-refractivity contribution in [3.8, 4) is 0 Å². The molecule has 3 saturated heterocycles. The molecule has 0 radical (unpaired) electrons. The summed E-state index contributed by atoms with van der Waals surface area (Å²) in [6.45, 7) is 11.2. The zero-order valence-corrected chi connectivity index (χ0v) is 16.6. The highest BCUT2D eigenvalue weighted by molar-refractivity contribution is 5.95. The predicted octanol–water partition coefficient (Wildman–Crippen LogP) is 2.64. The monoisotopic (exact) mass is 377 g/mol. The maximum atomic E-state index is 13.1. The normalized spacial score (nSPS) is 36.1. The summed E-state index contributed by atoms with van der Waals surface area (Å²) in [7, 11) is 0. The van der Waals surface area contributed by atoms with Crippen LogP contribution < -0.4 is 5.32 Å². The Morgan fingerprint density at radius 3 is 2.30 bits per heavy atom. The van der Waals surface area contributed by atoms with Gasteiger partial charge in [0.25, 0.3) is 5.91 Å². The highest BCUT2D eigenvalue weighted by Crippen LogP contribution is 2.44. The second kappa shape index (κ2) is 6.25. The van der Waals surface area contributed by atoms with Crippen LogP contribution in [0.5, 0.6) is 0 Å². The van der Waals surface area contributed by atoms with Crippen LogP contribution in [0.15, 0.2) is 18.2 Å². The number of amides is 1. The van der Waals surface area contributed by atoms with Crippen molar-refractivity contribution in [2.45, 2.75) is 83.8 Å². The Bertz CT molecular complexity index is 761. The Balaban J connectivity index is 1.60. The van der Waals surface area contributed by atoms with E-state index in [1.165, 1.54) is 0 Å². The van der Waals surface area contributed by atoms with Gasteiger partial charge in [-0.3, -0.25) is 4.79 Å². The van der Waals surface area contributed by atoms with Crippen LogP contribution in [-0.4, -0.2) is 48.2 Å². The second-order valence-electron chi connectivity index (χ2n) is 8.40. The van der Waals surface area contributed by atoms with E-state index in [1.54, 1.807) is 0 Å². The number of ether oxygens (including phenoxy) is 5. The summed E-state index contributed by atoms with van der Waals surface area (Å²) < 4.78 is 29.8. The van der Waals surface area contributed by atoms with Crippen molar-refractivity contribution in [3.05, 3.63) is 29.3 Å². The molecule has 3 fully saturated rings. The van der Waals surface area contributed by atoms with Crippen molar-refractivity contribution in [2.75, 3.05) is 5.32 Å². The van der Waals surface area contributed by atoms with Crippen molar-refractivity contribution >= 4 is 11.6 Å². The van der Waals surface area contributed by atoms with E-state index in [0.29, 0.717) is 0 Å². The minimum absolute atomic E-state index is 0.285. The van der Waals surface area contributed by atoms with Crippen LogP contribution in [-0.2, 0) is 28.5 Å². The second-order valence-corrected chi connectivity index (χ2v) is 8.40. The van der Waals surface area contributed by atoms with Gasteiger partial charge in [0.2, 0.25) is 0 Å². The molecule has 5 atom stereocenters. The fourth-order valence-electron chi connectivity index (χ4n) is 3.90. The fraction of sp³-hybridized carbons (Fsp3) is 0.650. The molecule has 5 unspecified atom stereocenters. The summed E-state index contributed by atoms with van der Waals surface area (Å²) in [4.78, 5) is 13.1. The third-order valence-corrected chi connectivity index (χ3v) is 5.06. The Kier molecular flexibility index (Phi) is 4.36. The smallest absolute Gasteiger partial charge is 0.256 e. The molecular formula is C20H27NO6. The molecule has 0 saturated carbocycles. The van der Waals surface area contributed by atoms with E-state index in [2.05, 4.69) is 5.32 Å². The lowest BCUT2D eigenvalue weighted by Gasteiger charge is -2.36. The highest BCUT2D eigenvalue weighted by Gasteiger charge is 2.62. The molecule has 4 rings (SSSR count). The van der Waals surface area contributed by atoms with Gasteiger partial charge in [-0.25, -0.2) is 0 Å². The molecule has 0 spiro atoms. The van der Waals surface area contributed by atoms with Gasteiger partial charge in [0.05, 0.1) is 0 Å². The van der Waals surface area contributed by atoms with Crippen molar-refractivity contribution in [1.82, 2.24) is 0 Å². The van der Waals surface area contributed by atoms with Crippen LogP contribution in [0, 0.1) is 13.8 Å². The van der Waals surface area contributed by atoms with Crippen molar-refractivity contribution < 1.29 is 28.5 Å². The first-order valence-electron chi connectivity index (χ1n) is 9.29. The molecular weight excluding hydrogens is 350 g/mol. The number of hydrogen-bond donors (Lipinski definition) is 1. The van der Waals surface area contributed by atoms with E-state index < -0.39 is 42.3 Å². The molecule has 7 nitrogen and oxygen atoms in total. The van der Waals surface area contributed by atoms with Crippen LogP contribution in [0.3, 0.4) is 0 Å². The maximum Gasteiger partial charge on any atom is 0.256 e. The molecule has 7 heteroatoms. The van der Waals surface area contributed by atoms with Crippen LogP contribution >= 0.6 is 0 Å². The Morgan fingerprint density at radius 2 is 1.56 bits per heavy atom. The topological polar surface area (TPSA) is 75.3 Å². The van der Waals surface area contributed by atoms with Crippen LogP contribution in [0.2, 0.25) is 0 Å². The van der Waals surface area contributed by atoms with Crippen molar-refractivity contribution in [1.29, 1.82) is 0 Å². The maximum absolute atomic E-state index is 13.1. The van der Waals surface area contributed by atoms with E-state index in [-0.39, 0.29) is 5.91 Å². The lowest BCUT2D eigenvalue weighted by Crippen LogP contribution is -2.58. The minimum atomic E-state index is -0.865. The van der Waals surface area contributed by atoms with Crippen LogP contribution in [0.1, 0.15) is 38.8 Å². The number of benzene rings is 1. The molecule has 1 aromatic carbocycles. The lowest BCUT2D eigenvalue weighted by atomic mass is 9.98. The first-order chi connectivity index (χ1) is 12.5. The van der Waals surface area contributed by atoms with Gasteiger partial charge >= 0.3 is 0 Å². The lowest BCUT2D eigenvalue weighted by molar-refractivity contribution is -0.229. The molecule has 1 N–H and O–H groups in total. The molecule has 3 heterocycles. The summed E-state index contributed by atoms with van der Waals surface area (Å²) >= 11 is 0. The third kappa shape index (κ3) is 3.50. The minimum Gasteiger partial charge on any atom is -0.342 e. The number of nitrogens with one attached hydrogen (secondary N) is 1. The summed E-state index contributed by atoms with van der Waals surface area (Å²) in [5.74, 6) is -1.93. The molecule has 148 valence electrons.